The number of rotatable bonds is 3. The van der Waals surface area contributed by atoms with E-state index in [1.54, 1.807) is 4.88 Å². The number of hydrogen-bond donors (Lipinski definition) is 0. The normalized spacial score (nSPS) is 21.8. The Morgan fingerprint density at radius 1 is 1.14 bits per heavy atom. The Kier molecular flexibility index (Phi) is 5.42. The Bertz CT molecular complexity index is 919. The van der Waals surface area contributed by atoms with Crippen LogP contribution in [0.25, 0.3) is 0 Å². The Labute approximate surface area is 176 Å². The molecule has 1 amide bonds. The molecule has 1 aromatic carbocycles. The summed E-state index contributed by atoms with van der Waals surface area (Å²) in [6.07, 6.45) is 8.37. The SMILES string of the molecule is O=C([C@@H]1CC=CCC1)N1CCOc2ccc(CN3CCc4sccc4C3)cc2C1. The van der Waals surface area contributed by atoms with Crippen molar-refractivity contribution in [1.29, 1.82) is 0 Å². The average molecular weight is 409 g/mol. The van der Waals surface area contributed by atoms with E-state index in [0.717, 1.165) is 56.6 Å². The quantitative estimate of drug-likeness (QED) is 0.707. The van der Waals surface area contributed by atoms with Crippen molar-refractivity contribution >= 4 is 17.2 Å². The van der Waals surface area contributed by atoms with Gasteiger partial charge in [0, 0.05) is 42.5 Å². The minimum atomic E-state index is 0.137. The van der Waals surface area contributed by atoms with Gasteiger partial charge in [-0.1, -0.05) is 18.2 Å². The molecule has 1 atom stereocenters. The fraction of sp³-hybridized carbons (Fsp3) is 0.458. The number of hydrogen-bond acceptors (Lipinski definition) is 4. The highest BCUT2D eigenvalue weighted by Gasteiger charge is 2.27. The number of fused-ring (bicyclic) bond motifs is 2. The topological polar surface area (TPSA) is 32.8 Å². The summed E-state index contributed by atoms with van der Waals surface area (Å²) >= 11 is 1.88. The molecule has 0 spiro atoms. The Balaban J connectivity index is 1.29. The molecule has 5 rings (SSSR count). The van der Waals surface area contributed by atoms with Gasteiger partial charge >= 0.3 is 0 Å². The Morgan fingerprint density at radius 3 is 3.00 bits per heavy atom. The van der Waals surface area contributed by atoms with E-state index in [1.807, 2.05) is 16.2 Å². The van der Waals surface area contributed by atoms with Crippen molar-refractivity contribution in [1.82, 2.24) is 9.80 Å². The van der Waals surface area contributed by atoms with Crippen molar-refractivity contribution in [2.75, 3.05) is 19.7 Å². The van der Waals surface area contributed by atoms with Gasteiger partial charge in [0.2, 0.25) is 5.91 Å². The van der Waals surface area contributed by atoms with Crippen LogP contribution >= 0.6 is 11.3 Å². The molecule has 0 radical (unpaired) electrons. The summed E-state index contributed by atoms with van der Waals surface area (Å²) in [6.45, 7) is 5.01. The first-order chi connectivity index (χ1) is 14.3. The van der Waals surface area contributed by atoms with Gasteiger partial charge < -0.3 is 9.64 Å². The van der Waals surface area contributed by atoms with Gasteiger partial charge in [0.05, 0.1) is 6.54 Å². The molecule has 29 heavy (non-hydrogen) atoms. The van der Waals surface area contributed by atoms with E-state index in [0.29, 0.717) is 19.7 Å². The zero-order chi connectivity index (χ0) is 19.6. The third kappa shape index (κ3) is 4.12. The molecule has 0 N–H and O–H groups in total. The van der Waals surface area contributed by atoms with E-state index in [9.17, 15) is 4.79 Å². The smallest absolute Gasteiger partial charge is 0.226 e. The van der Waals surface area contributed by atoms with Crippen LogP contribution in [0.1, 0.15) is 40.8 Å². The maximum absolute atomic E-state index is 13.0. The van der Waals surface area contributed by atoms with Crippen LogP contribution in [-0.4, -0.2) is 35.4 Å². The van der Waals surface area contributed by atoms with Crippen LogP contribution in [0.15, 0.2) is 41.8 Å². The lowest BCUT2D eigenvalue weighted by Crippen LogP contribution is -2.37. The third-order valence-corrected chi connectivity index (χ3v) is 7.35. The molecule has 3 aliphatic rings. The lowest BCUT2D eigenvalue weighted by molar-refractivity contribution is -0.136. The minimum absolute atomic E-state index is 0.137. The van der Waals surface area contributed by atoms with E-state index in [-0.39, 0.29) is 11.8 Å². The highest BCUT2D eigenvalue weighted by atomic mass is 32.1. The average Bonchev–Trinajstić information content (AvgIpc) is 3.12. The molecule has 1 aliphatic carbocycles. The van der Waals surface area contributed by atoms with Gasteiger partial charge in [-0.25, -0.2) is 0 Å². The Hall–Kier alpha value is -2.11. The largest absolute Gasteiger partial charge is 0.491 e. The first-order valence-corrected chi connectivity index (χ1v) is 11.6. The van der Waals surface area contributed by atoms with Crippen molar-refractivity contribution in [2.45, 2.75) is 45.3 Å². The molecule has 1 aromatic heterocycles. The molecule has 2 aromatic rings. The van der Waals surface area contributed by atoms with Gasteiger partial charge in [-0.2, -0.15) is 0 Å². The second-order valence-corrected chi connectivity index (χ2v) is 9.36. The minimum Gasteiger partial charge on any atom is -0.491 e. The number of nitrogens with zero attached hydrogens (tertiary/aromatic N) is 2. The summed E-state index contributed by atoms with van der Waals surface area (Å²) in [6, 6.07) is 8.80. The number of ether oxygens (including phenoxy) is 1. The van der Waals surface area contributed by atoms with Gasteiger partial charge in [0.25, 0.3) is 0 Å². The van der Waals surface area contributed by atoms with Gasteiger partial charge in [-0.15, -0.1) is 11.3 Å². The lowest BCUT2D eigenvalue weighted by atomic mass is 9.93. The van der Waals surface area contributed by atoms with E-state index >= 15 is 0 Å². The number of carbonyl (C=O) groups excluding carboxylic acids is 1. The number of amides is 1. The first-order valence-electron chi connectivity index (χ1n) is 10.7. The molecule has 0 bridgehead atoms. The summed E-state index contributed by atoms with van der Waals surface area (Å²) in [5.41, 5.74) is 3.94. The van der Waals surface area contributed by atoms with Gasteiger partial charge in [-0.3, -0.25) is 9.69 Å². The second-order valence-electron chi connectivity index (χ2n) is 8.36. The number of carbonyl (C=O) groups is 1. The summed E-state index contributed by atoms with van der Waals surface area (Å²) < 4.78 is 5.98. The van der Waals surface area contributed by atoms with Crippen LogP contribution in [-0.2, 0) is 30.8 Å². The lowest BCUT2D eigenvalue weighted by Gasteiger charge is -2.27. The van der Waals surface area contributed by atoms with Crippen molar-refractivity contribution in [3.05, 3.63) is 63.4 Å². The van der Waals surface area contributed by atoms with Gasteiger partial charge in [0.1, 0.15) is 12.4 Å². The molecule has 5 heteroatoms. The zero-order valence-corrected chi connectivity index (χ0v) is 17.6. The van der Waals surface area contributed by atoms with Crippen molar-refractivity contribution in [2.24, 2.45) is 5.92 Å². The molecule has 4 nitrogen and oxygen atoms in total. The van der Waals surface area contributed by atoms with E-state index in [4.69, 9.17) is 4.74 Å². The molecule has 0 unspecified atom stereocenters. The molecule has 0 saturated heterocycles. The summed E-state index contributed by atoms with van der Waals surface area (Å²) in [4.78, 5) is 19.1. The van der Waals surface area contributed by atoms with Crippen LogP contribution in [0.4, 0.5) is 0 Å². The van der Waals surface area contributed by atoms with Crippen molar-refractivity contribution in [3.8, 4) is 5.75 Å². The maximum atomic E-state index is 13.0. The first kappa shape index (κ1) is 18.9. The Morgan fingerprint density at radius 2 is 2.10 bits per heavy atom. The molecule has 0 saturated carbocycles. The van der Waals surface area contributed by atoms with E-state index < -0.39 is 0 Å². The van der Waals surface area contributed by atoms with E-state index in [1.165, 1.54) is 11.1 Å². The fourth-order valence-electron chi connectivity index (χ4n) is 4.71. The second kappa shape index (κ2) is 8.33. The molecule has 152 valence electrons. The van der Waals surface area contributed by atoms with Crippen molar-refractivity contribution < 1.29 is 9.53 Å². The predicted molar refractivity (Wildman–Crippen MR) is 116 cm³/mol. The predicted octanol–water partition coefficient (Wildman–Crippen LogP) is 4.38. The molecular weight excluding hydrogens is 380 g/mol. The molecular formula is C24H28N2O2S. The fourth-order valence-corrected chi connectivity index (χ4v) is 5.60. The molecule has 3 heterocycles. The standard InChI is InChI=1S/C24H28N2O2S/c27-24(19-4-2-1-3-5-19)26-11-12-28-22-7-6-18(14-21(22)17-26)15-25-10-8-23-20(16-25)9-13-29-23/h1-2,6-7,9,13-14,19H,3-5,8,10-12,15-17H2/t19-/m1/s1. The number of allylic oxidation sites excluding steroid dienone is 2. The maximum Gasteiger partial charge on any atom is 0.226 e. The summed E-state index contributed by atoms with van der Waals surface area (Å²) in [5.74, 6) is 1.36. The highest BCUT2D eigenvalue weighted by Crippen LogP contribution is 2.29. The zero-order valence-electron chi connectivity index (χ0n) is 16.8. The molecule has 2 aliphatic heterocycles. The molecule has 0 fully saturated rings. The highest BCUT2D eigenvalue weighted by molar-refractivity contribution is 7.10. The monoisotopic (exact) mass is 408 g/mol. The van der Waals surface area contributed by atoms with E-state index in [2.05, 4.69) is 46.7 Å². The van der Waals surface area contributed by atoms with Crippen LogP contribution in [0.5, 0.6) is 5.75 Å². The van der Waals surface area contributed by atoms with Crippen LogP contribution in [0.3, 0.4) is 0 Å². The van der Waals surface area contributed by atoms with Crippen molar-refractivity contribution in [3.63, 3.8) is 0 Å². The summed E-state index contributed by atoms with van der Waals surface area (Å²) in [5, 5.41) is 2.21. The van der Waals surface area contributed by atoms with Gasteiger partial charge in [0.15, 0.2) is 0 Å². The van der Waals surface area contributed by atoms with Crippen LogP contribution < -0.4 is 4.74 Å². The number of thiophene rings is 1. The third-order valence-electron chi connectivity index (χ3n) is 6.33. The number of benzene rings is 1. The van der Waals surface area contributed by atoms with Crippen LogP contribution in [0.2, 0.25) is 0 Å². The van der Waals surface area contributed by atoms with Gasteiger partial charge in [-0.05, 0) is 60.4 Å². The van der Waals surface area contributed by atoms with Crippen LogP contribution in [0, 0.1) is 5.92 Å². The summed E-state index contributed by atoms with van der Waals surface area (Å²) in [7, 11) is 0.